The molecule has 0 aromatic carbocycles. The number of hydrogen-bond acceptors (Lipinski definition) is 1. The van der Waals surface area contributed by atoms with Crippen LogP contribution in [0.5, 0.6) is 0 Å². The van der Waals surface area contributed by atoms with Gasteiger partial charge in [-0.1, -0.05) is 76.9 Å². The average Bonchev–Trinajstić information content (AvgIpc) is 2.44. The number of unbranched alkanes of at least 4 members (excludes halogenated alkanes) is 10. The van der Waals surface area contributed by atoms with Crippen molar-refractivity contribution in [1.82, 2.24) is 0 Å². The molecule has 21 heavy (non-hydrogen) atoms. The highest BCUT2D eigenvalue weighted by Gasteiger charge is 1.97. The van der Waals surface area contributed by atoms with Gasteiger partial charge in [-0.2, -0.15) is 0 Å². The van der Waals surface area contributed by atoms with E-state index in [0.717, 1.165) is 12.8 Å². The third-order valence-corrected chi connectivity index (χ3v) is 4.09. The van der Waals surface area contributed by atoms with Crippen molar-refractivity contribution < 1.29 is 4.79 Å². The van der Waals surface area contributed by atoms with Crippen LogP contribution in [0.2, 0.25) is 0 Å². The van der Waals surface area contributed by atoms with Crippen molar-refractivity contribution in [2.75, 3.05) is 0 Å². The predicted octanol–water partition coefficient (Wildman–Crippen LogP) is 5.90. The average molecular weight is 296 g/mol. The van der Waals surface area contributed by atoms with Gasteiger partial charge in [0.15, 0.2) is 0 Å². The fourth-order valence-corrected chi connectivity index (χ4v) is 2.66. The Bertz CT molecular complexity index is 260. The minimum absolute atomic E-state index is 0.161. The number of carbonyl (C=O) groups excluding carboxylic acids is 1. The zero-order valence-electron chi connectivity index (χ0n) is 14.3. The molecule has 2 heteroatoms. The Labute approximate surface area is 132 Å². The molecule has 0 aromatic rings. The lowest BCUT2D eigenvalue weighted by molar-refractivity contribution is -0.118. The summed E-state index contributed by atoms with van der Waals surface area (Å²) in [4.78, 5) is 10.6. The number of rotatable bonds is 16. The van der Waals surface area contributed by atoms with Crippen LogP contribution in [0.1, 0.15) is 103 Å². The number of amides is 1. The van der Waals surface area contributed by atoms with Gasteiger partial charge >= 0.3 is 0 Å². The molecule has 0 rings (SSSR count). The first kappa shape index (κ1) is 20.2. The molecule has 0 bridgehead atoms. The van der Waals surface area contributed by atoms with Crippen molar-refractivity contribution in [2.45, 2.75) is 103 Å². The number of primary amides is 1. The zero-order chi connectivity index (χ0) is 15.8. The molecule has 0 aliphatic heterocycles. The second-order valence-corrected chi connectivity index (χ2v) is 6.36. The van der Waals surface area contributed by atoms with Crippen LogP contribution in [0.4, 0.5) is 0 Å². The highest BCUT2D eigenvalue weighted by atomic mass is 16.1. The van der Waals surface area contributed by atoms with E-state index in [1.54, 1.807) is 0 Å². The summed E-state index contributed by atoms with van der Waals surface area (Å²) in [6.45, 7) is 6.43. The normalized spacial score (nSPS) is 10.7. The molecule has 2 nitrogen and oxygen atoms in total. The minimum atomic E-state index is -0.161. The van der Waals surface area contributed by atoms with Crippen LogP contribution in [0.15, 0.2) is 12.2 Å². The van der Waals surface area contributed by atoms with Gasteiger partial charge in [-0.05, 0) is 32.1 Å². The highest BCUT2D eigenvalue weighted by molar-refractivity contribution is 5.73. The largest absolute Gasteiger partial charge is 0.370 e. The van der Waals surface area contributed by atoms with Gasteiger partial charge in [0.2, 0.25) is 5.91 Å². The number of carbonyl (C=O) groups is 1. The molecular weight excluding hydrogens is 258 g/mol. The van der Waals surface area contributed by atoms with E-state index in [1.807, 2.05) is 0 Å². The van der Waals surface area contributed by atoms with Gasteiger partial charge in [-0.3, -0.25) is 4.79 Å². The van der Waals surface area contributed by atoms with Crippen LogP contribution < -0.4 is 5.73 Å². The number of hydrogen-bond donors (Lipinski definition) is 1. The summed E-state index contributed by atoms with van der Waals surface area (Å²) < 4.78 is 0. The standard InChI is InChI=1S/C19H37NO/c1-3-4-12-15-18(2)16-13-10-8-6-5-7-9-11-14-17-19(20)21/h2-17H2,1H3,(H2,20,21). The molecule has 0 spiro atoms. The second-order valence-electron chi connectivity index (χ2n) is 6.36. The summed E-state index contributed by atoms with van der Waals surface area (Å²) in [5.41, 5.74) is 6.57. The molecule has 0 aliphatic carbocycles. The van der Waals surface area contributed by atoms with Crippen LogP contribution in [-0.4, -0.2) is 5.91 Å². The van der Waals surface area contributed by atoms with Gasteiger partial charge in [0, 0.05) is 6.42 Å². The lowest BCUT2D eigenvalue weighted by Crippen LogP contribution is -2.09. The smallest absolute Gasteiger partial charge is 0.217 e. The van der Waals surface area contributed by atoms with E-state index >= 15 is 0 Å². The minimum Gasteiger partial charge on any atom is -0.370 e. The predicted molar refractivity (Wildman–Crippen MR) is 93.3 cm³/mol. The molecular formula is C19H37NO. The van der Waals surface area contributed by atoms with Crippen LogP contribution >= 0.6 is 0 Å². The Morgan fingerprint density at radius 2 is 1.10 bits per heavy atom. The Balaban J connectivity index is 3.11. The van der Waals surface area contributed by atoms with Crippen molar-refractivity contribution in [3.8, 4) is 0 Å². The Kier molecular flexibility index (Phi) is 15.0. The Morgan fingerprint density at radius 1 is 0.714 bits per heavy atom. The molecule has 0 saturated heterocycles. The van der Waals surface area contributed by atoms with E-state index in [1.165, 1.54) is 82.6 Å². The Hall–Kier alpha value is -0.790. The summed E-state index contributed by atoms with van der Waals surface area (Å²) in [6, 6.07) is 0. The van der Waals surface area contributed by atoms with Crippen molar-refractivity contribution >= 4 is 5.91 Å². The van der Waals surface area contributed by atoms with Crippen LogP contribution in [0, 0.1) is 0 Å². The van der Waals surface area contributed by atoms with Gasteiger partial charge in [-0.15, -0.1) is 0 Å². The first-order chi connectivity index (χ1) is 10.2. The summed E-state index contributed by atoms with van der Waals surface area (Å²) in [6.07, 6.45) is 18.4. The van der Waals surface area contributed by atoms with Gasteiger partial charge in [-0.25, -0.2) is 0 Å². The van der Waals surface area contributed by atoms with Crippen molar-refractivity contribution in [3.05, 3.63) is 12.2 Å². The molecule has 0 radical (unpaired) electrons. The molecule has 0 aromatic heterocycles. The van der Waals surface area contributed by atoms with E-state index < -0.39 is 0 Å². The molecule has 0 atom stereocenters. The van der Waals surface area contributed by atoms with Gasteiger partial charge in [0.25, 0.3) is 0 Å². The summed E-state index contributed by atoms with van der Waals surface area (Å²) >= 11 is 0. The van der Waals surface area contributed by atoms with Crippen molar-refractivity contribution in [2.24, 2.45) is 5.73 Å². The maximum Gasteiger partial charge on any atom is 0.217 e. The summed E-state index contributed by atoms with van der Waals surface area (Å²) in [5.74, 6) is -0.161. The lowest BCUT2D eigenvalue weighted by atomic mass is 10.0. The van der Waals surface area contributed by atoms with Crippen LogP contribution in [-0.2, 0) is 4.79 Å². The van der Waals surface area contributed by atoms with Gasteiger partial charge in [0.1, 0.15) is 0 Å². The molecule has 0 fully saturated rings. The topological polar surface area (TPSA) is 43.1 Å². The monoisotopic (exact) mass is 295 g/mol. The Morgan fingerprint density at radius 3 is 1.52 bits per heavy atom. The van der Waals surface area contributed by atoms with Crippen LogP contribution in [0.25, 0.3) is 0 Å². The first-order valence-corrected chi connectivity index (χ1v) is 9.11. The number of allylic oxidation sites excluding steroid dienone is 1. The highest BCUT2D eigenvalue weighted by Crippen LogP contribution is 2.16. The molecule has 0 unspecified atom stereocenters. The molecule has 0 aliphatic rings. The molecule has 2 N–H and O–H groups in total. The van der Waals surface area contributed by atoms with E-state index in [-0.39, 0.29) is 5.91 Å². The van der Waals surface area contributed by atoms with Gasteiger partial charge < -0.3 is 5.73 Å². The van der Waals surface area contributed by atoms with Crippen LogP contribution in [0.3, 0.4) is 0 Å². The maximum atomic E-state index is 10.6. The second kappa shape index (κ2) is 15.6. The lowest BCUT2D eigenvalue weighted by Gasteiger charge is -2.05. The third-order valence-electron chi connectivity index (χ3n) is 4.09. The van der Waals surface area contributed by atoms with E-state index in [2.05, 4.69) is 13.5 Å². The summed E-state index contributed by atoms with van der Waals surface area (Å²) in [7, 11) is 0. The van der Waals surface area contributed by atoms with Crippen molar-refractivity contribution in [3.63, 3.8) is 0 Å². The van der Waals surface area contributed by atoms with E-state index in [9.17, 15) is 4.79 Å². The fourth-order valence-electron chi connectivity index (χ4n) is 2.66. The molecule has 1 amide bonds. The SMILES string of the molecule is C=C(CCCCC)CCCCCCCCCCCC(N)=O. The zero-order valence-corrected chi connectivity index (χ0v) is 14.3. The molecule has 124 valence electrons. The van der Waals surface area contributed by atoms with Gasteiger partial charge in [0.05, 0.1) is 0 Å². The first-order valence-electron chi connectivity index (χ1n) is 9.11. The maximum absolute atomic E-state index is 10.6. The fraction of sp³-hybridized carbons (Fsp3) is 0.842. The number of nitrogens with two attached hydrogens (primary N) is 1. The third kappa shape index (κ3) is 17.2. The van der Waals surface area contributed by atoms with Crippen molar-refractivity contribution in [1.29, 1.82) is 0 Å². The summed E-state index contributed by atoms with van der Waals surface area (Å²) in [5, 5.41) is 0. The van der Waals surface area contributed by atoms with E-state index in [4.69, 9.17) is 5.73 Å². The van der Waals surface area contributed by atoms with E-state index in [0.29, 0.717) is 6.42 Å². The molecule has 0 heterocycles. The molecule has 0 saturated carbocycles. The quantitative estimate of drug-likeness (QED) is 0.279.